The third-order valence-electron chi connectivity index (χ3n) is 4.86. The smallest absolute Gasteiger partial charge is 0.130 e. The fraction of sp³-hybridized carbons (Fsp3) is 0.364. The van der Waals surface area contributed by atoms with Crippen molar-refractivity contribution in [1.82, 2.24) is 0 Å². The van der Waals surface area contributed by atoms with Crippen molar-refractivity contribution in [1.29, 1.82) is 0 Å². The summed E-state index contributed by atoms with van der Waals surface area (Å²) in [4.78, 5) is 0. The lowest BCUT2D eigenvalue weighted by Gasteiger charge is -2.26. The summed E-state index contributed by atoms with van der Waals surface area (Å²) in [5.41, 5.74) is 2.17. The van der Waals surface area contributed by atoms with Crippen LogP contribution in [0.3, 0.4) is 0 Å². The number of aromatic hydroxyl groups is 1. The van der Waals surface area contributed by atoms with Crippen LogP contribution in [0, 0.1) is 0 Å². The molecular formula is C22H26O4. The number of phenols is 1. The van der Waals surface area contributed by atoms with Gasteiger partial charge in [0.25, 0.3) is 0 Å². The summed E-state index contributed by atoms with van der Waals surface area (Å²) in [6.07, 6.45) is 2.35. The topological polar surface area (TPSA) is 51.2 Å². The van der Waals surface area contributed by atoms with E-state index in [2.05, 4.69) is 32.6 Å². The molecule has 0 aliphatic carbocycles. The van der Waals surface area contributed by atoms with Crippen LogP contribution >= 0.6 is 0 Å². The molecule has 0 radical (unpaired) electrons. The number of benzene rings is 2. The summed E-state index contributed by atoms with van der Waals surface area (Å²) >= 11 is 0. The van der Waals surface area contributed by atoms with Crippen molar-refractivity contribution in [2.24, 2.45) is 0 Å². The zero-order valence-corrected chi connectivity index (χ0v) is 15.4. The zero-order valence-electron chi connectivity index (χ0n) is 15.4. The Bertz CT molecular complexity index is 715. The van der Waals surface area contributed by atoms with Crippen LogP contribution < -0.4 is 4.74 Å². The van der Waals surface area contributed by atoms with Crippen molar-refractivity contribution in [3.05, 3.63) is 72.5 Å². The van der Waals surface area contributed by atoms with Crippen LogP contribution in [-0.4, -0.2) is 30.5 Å². The highest BCUT2D eigenvalue weighted by molar-refractivity contribution is 5.41. The third kappa shape index (κ3) is 4.38. The lowest BCUT2D eigenvalue weighted by atomic mass is 9.78. The number of hydrogen-bond acceptors (Lipinski definition) is 4. The van der Waals surface area contributed by atoms with Crippen LogP contribution in [0.25, 0.3) is 0 Å². The fourth-order valence-electron chi connectivity index (χ4n) is 3.03. The summed E-state index contributed by atoms with van der Waals surface area (Å²) in [6, 6.07) is 15.5. The SMILES string of the molecule is C=COCCC(Oc1ccc(C(C)(C)c2ccc(O)cc2)cc1)C1CO1. The number of hydrogen-bond donors (Lipinski definition) is 1. The van der Waals surface area contributed by atoms with E-state index < -0.39 is 0 Å². The Labute approximate surface area is 155 Å². The van der Waals surface area contributed by atoms with Crippen molar-refractivity contribution in [2.75, 3.05) is 13.2 Å². The minimum Gasteiger partial charge on any atom is -0.508 e. The molecule has 0 amide bonds. The molecule has 3 rings (SSSR count). The second-order valence-electron chi connectivity index (χ2n) is 7.05. The van der Waals surface area contributed by atoms with Gasteiger partial charge in [-0.15, -0.1) is 0 Å². The molecule has 26 heavy (non-hydrogen) atoms. The predicted molar refractivity (Wildman–Crippen MR) is 102 cm³/mol. The molecule has 0 aromatic heterocycles. The molecule has 1 heterocycles. The van der Waals surface area contributed by atoms with E-state index >= 15 is 0 Å². The van der Waals surface area contributed by atoms with E-state index in [0.717, 1.165) is 24.3 Å². The Morgan fingerprint density at radius 3 is 2.27 bits per heavy atom. The van der Waals surface area contributed by atoms with Gasteiger partial charge in [-0.1, -0.05) is 44.7 Å². The maximum Gasteiger partial charge on any atom is 0.130 e. The molecule has 2 unspecified atom stereocenters. The van der Waals surface area contributed by atoms with Gasteiger partial charge in [0.1, 0.15) is 23.7 Å². The third-order valence-corrected chi connectivity index (χ3v) is 4.86. The molecule has 1 aliphatic rings. The number of rotatable bonds is 9. The van der Waals surface area contributed by atoms with E-state index in [1.165, 1.54) is 11.8 Å². The summed E-state index contributed by atoms with van der Waals surface area (Å²) in [6.45, 7) is 9.21. The first-order chi connectivity index (χ1) is 12.5. The van der Waals surface area contributed by atoms with Crippen LogP contribution in [0.5, 0.6) is 11.5 Å². The molecular weight excluding hydrogens is 328 g/mol. The Morgan fingerprint density at radius 1 is 1.15 bits per heavy atom. The molecule has 138 valence electrons. The molecule has 4 heteroatoms. The normalized spacial score (nSPS) is 17.4. The minimum atomic E-state index is -0.164. The van der Waals surface area contributed by atoms with E-state index in [1.54, 1.807) is 12.1 Å². The van der Waals surface area contributed by atoms with E-state index in [9.17, 15) is 5.11 Å². The van der Waals surface area contributed by atoms with Gasteiger partial charge in [0.05, 0.1) is 19.5 Å². The second kappa shape index (κ2) is 7.83. The molecule has 2 atom stereocenters. The first kappa shape index (κ1) is 18.3. The van der Waals surface area contributed by atoms with Crippen molar-refractivity contribution in [3.63, 3.8) is 0 Å². The standard InChI is InChI=1S/C22H26O4/c1-4-24-14-13-20(21-15-25-21)26-19-11-7-17(8-12-19)22(2,3)16-5-9-18(23)10-6-16/h4-12,20-21,23H,1,13-15H2,2-3H3. The van der Waals surface area contributed by atoms with Crippen molar-refractivity contribution < 1.29 is 19.3 Å². The van der Waals surface area contributed by atoms with Crippen LogP contribution in [0.1, 0.15) is 31.4 Å². The average molecular weight is 354 g/mol. The molecule has 2 aromatic carbocycles. The Balaban J connectivity index is 1.69. The molecule has 1 saturated heterocycles. The zero-order chi connectivity index (χ0) is 18.6. The first-order valence-corrected chi connectivity index (χ1v) is 8.91. The van der Waals surface area contributed by atoms with Crippen LogP contribution in [-0.2, 0) is 14.9 Å². The maximum absolute atomic E-state index is 9.50. The molecule has 1 fully saturated rings. The quantitative estimate of drug-likeness (QED) is 0.412. The van der Waals surface area contributed by atoms with Crippen LogP contribution in [0.4, 0.5) is 0 Å². The highest BCUT2D eigenvalue weighted by Gasteiger charge is 2.34. The van der Waals surface area contributed by atoms with Gasteiger partial charge >= 0.3 is 0 Å². The Hall–Kier alpha value is -2.46. The van der Waals surface area contributed by atoms with E-state index in [4.69, 9.17) is 14.2 Å². The Morgan fingerprint density at radius 2 is 1.73 bits per heavy atom. The van der Waals surface area contributed by atoms with Gasteiger partial charge in [0.15, 0.2) is 0 Å². The van der Waals surface area contributed by atoms with Gasteiger partial charge in [-0.25, -0.2) is 0 Å². The van der Waals surface area contributed by atoms with Crippen molar-refractivity contribution >= 4 is 0 Å². The highest BCUT2D eigenvalue weighted by Crippen LogP contribution is 2.33. The monoisotopic (exact) mass is 354 g/mol. The molecule has 0 saturated carbocycles. The molecule has 4 nitrogen and oxygen atoms in total. The van der Waals surface area contributed by atoms with Gasteiger partial charge in [0.2, 0.25) is 0 Å². The number of phenolic OH excluding ortho intramolecular Hbond substituents is 1. The second-order valence-corrected chi connectivity index (χ2v) is 7.05. The van der Waals surface area contributed by atoms with Crippen molar-refractivity contribution in [2.45, 2.75) is 37.9 Å². The predicted octanol–water partition coefficient (Wildman–Crippen LogP) is 4.41. The lowest BCUT2D eigenvalue weighted by Crippen LogP contribution is -2.25. The van der Waals surface area contributed by atoms with Crippen LogP contribution in [0.2, 0.25) is 0 Å². The van der Waals surface area contributed by atoms with E-state index in [1.807, 2.05) is 24.3 Å². The van der Waals surface area contributed by atoms with Gasteiger partial charge in [-0.05, 0) is 35.4 Å². The molecule has 0 bridgehead atoms. The van der Waals surface area contributed by atoms with Gasteiger partial charge in [-0.2, -0.15) is 0 Å². The number of ether oxygens (including phenoxy) is 3. The summed E-state index contributed by atoms with van der Waals surface area (Å²) in [5, 5.41) is 9.50. The van der Waals surface area contributed by atoms with Gasteiger partial charge in [-0.3, -0.25) is 0 Å². The molecule has 0 spiro atoms. The Kier molecular flexibility index (Phi) is 5.52. The average Bonchev–Trinajstić information content (AvgIpc) is 3.47. The minimum absolute atomic E-state index is 0.00842. The highest BCUT2D eigenvalue weighted by atomic mass is 16.6. The molecule has 2 aromatic rings. The summed E-state index contributed by atoms with van der Waals surface area (Å²) < 4.78 is 16.7. The maximum atomic E-state index is 9.50. The fourth-order valence-corrected chi connectivity index (χ4v) is 3.03. The van der Waals surface area contributed by atoms with E-state index in [-0.39, 0.29) is 23.4 Å². The number of epoxide rings is 1. The van der Waals surface area contributed by atoms with Crippen LogP contribution in [0.15, 0.2) is 61.4 Å². The van der Waals surface area contributed by atoms with Crippen molar-refractivity contribution in [3.8, 4) is 11.5 Å². The largest absolute Gasteiger partial charge is 0.508 e. The van der Waals surface area contributed by atoms with E-state index in [0.29, 0.717) is 6.61 Å². The molecule has 1 N–H and O–H groups in total. The van der Waals surface area contributed by atoms with Gasteiger partial charge < -0.3 is 19.3 Å². The molecule has 1 aliphatic heterocycles. The lowest BCUT2D eigenvalue weighted by molar-refractivity contribution is 0.118. The van der Waals surface area contributed by atoms with Gasteiger partial charge in [0, 0.05) is 11.8 Å². The summed E-state index contributed by atoms with van der Waals surface area (Å²) in [5.74, 6) is 1.11. The summed E-state index contributed by atoms with van der Waals surface area (Å²) in [7, 11) is 0. The first-order valence-electron chi connectivity index (χ1n) is 8.91.